The summed E-state index contributed by atoms with van der Waals surface area (Å²) in [5.74, 6) is 0. The van der Waals surface area contributed by atoms with E-state index >= 15 is 0 Å². The van der Waals surface area contributed by atoms with Crippen molar-refractivity contribution in [3.8, 4) is 0 Å². The molecule has 0 saturated carbocycles. The minimum absolute atomic E-state index is 0.112. The van der Waals surface area contributed by atoms with Gasteiger partial charge in [-0.05, 0) is 27.1 Å². The Morgan fingerprint density at radius 1 is 1.36 bits per heavy atom. The average molecular weight is 169 g/mol. The maximum Gasteiger partial charge on any atom is 0.0681 e. The zero-order valence-electron chi connectivity index (χ0n) is 6.49. The molecule has 0 saturated heterocycles. The molecule has 0 amide bonds. The second kappa shape index (κ2) is 3.70. The lowest BCUT2D eigenvalue weighted by Gasteiger charge is -2.11. The van der Waals surface area contributed by atoms with Gasteiger partial charge in [0.25, 0.3) is 0 Å². The first-order valence-electron chi connectivity index (χ1n) is 3.42. The van der Waals surface area contributed by atoms with Gasteiger partial charge in [-0.3, -0.25) is 0 Å². The summed E-state index contributed by atoms with van der Waals surface area (Å²) in [6.07, 6.45) is 0. The van der Waals surface area contributed by atoms with E-state index in [-0.39, 0.29) is 6.61 Å². The van der Waals surface area contributed by atoms with E-state index in [2.05, 4.69) is 9.39 Å². The number of benzene rings is 1. The monoisotopic (exact) mass is 169 g/mol. The van der Waals surface area contributed by atoms with E-state index in [0.717, 1.165) is 11.3 Å². The number of aliphatic hydroxyl groups is 1. The van der Waals surface area contributed by atoms with Gasteiger partial charge in [0.05, 0.1) is 6.61 Å². The molecule has 1 rings (SSSR count). The first kappa shape index (κ1) is 8.51. The van der Waals surface area contributed by atoms with Crippen LogP contribution >= 0.6 is 9.39 Å². The molecule has 0 spiro atoms. The van der Waals surface area contributed by atoms with Gasteiger partial charge in [0.15, 0.2) is 0 Å². The van der Waals surface area contributed by atoms with Crippen molar-refractivity contribution < 1.29 is 5.11 Å². The molecule has 0 aliphatic rings. The first-order chi connectivity index (χ1) is 5.24. The van der Waals surface area contributed by atoms with Crippen LogP contribution in [0.3, 0.4) is 0 Å². The van der Waals surface area contributed by atoms with Crippen molar-refractivity contribution in [2.45, 2.75) is 6.61 Å². The number of hydrogen-bond acceptors (Lipinski definition) is 2. The smallest absolute Gasteiger partial charge is 0.0681 e. The molecule has 1 aromatic rings. The van der Waals surface area contributed by atoms with Crippen LogP contribution in [0, 0.1) is 0 Å². The molecule has 1 atom stereocenters. The summed E-state index contributed by atoms with van der Waals surface area (Å²) in [5.41, 5.74) is 2.06. The lowest BCUT2D eigenvalue weighted by molar-refractivity contribution is 0.282. The van der Waals surface area contributed by atoms with Crippen molar-refractivity contribution in [3.63, 3.8) is 0 Å². The fourth-order valence-corrected chi connectivity index (χ4v) is 1.01. The Bertz CT molecular complexity index is 220. The van der Waals surface area contributed by atoms with E-state index in [1.54, 1.807) is 0 Å². The van der Waals surface area contributed by atoms with Crippen molar-refractivity contribution in [2.75, 3.05) is 11.7 Å². The highest BCUT2D eigenvalue weighted by atomic mass is 31.0. The van der Waals surface area contributed by atoms with Crippen LogP contribution in [0.15, 0.2) is 24.3 Å². The highest BCUT2D eigenvalue weighted by Crippen LogP contribution is 2.16. The van der Waals surface area contributed by atoms with Crippen LogP contribution in [-0.4, -0.2) is 12.2 Å². The molecular weight excluding hydrogens is 157 g/mol. The summed E-state index contributed by atoms with van der Waals surface area (Å²) in [7, 11) is 4.53. The summed E-state index contributed by atoms with van der Waals surface area (Å²) in [4.78, 5) is 0. The molecule has 60 valence electrons. The summed E-state index contributed by atoms with van der Waals surface area (Å²) in [6, 6.07) is 7.77. The molecule has 1 unspecified atom stereocenters. The number of aliphatic hydroxyl groups excluding tert-OH is 1. The molecular formula is C8H12NOP. The number of nitrogens with zero attached hydrogens (tertiary/aromatic N) is 1. The fourth-order valence-electron chi connectivity index (χ4n) is 0.836. The SMILES string of the molecule is CN(P)c1ccc(CO)cc1. The number of hydrogen-bond donors (Lipinski definition) is 1. The average Bonchev–Trinajstić information content (AvgIpc) is 2.05. The van der Waals surface area contributed by atoms with Crippen LogP contribution < -0.4 is 4.67 Å². The molecule has 0 aliphatic carbocycles. The van der Waals surface area contributed by atoms with Gasteiger partial charge in [-0.1, -0.05) is 12.1 Å². The number of anilines is 1. The first-order valence-corrected chi connectivity index (χ1v) is 3.94. The molecule has 1 aromatic carbocycles. The predicted octanol–water partition coefficient (Wildman–Crippen LogP) is 1.41. The van der Waals surface area contributed by atoms with Gasteiger partial charge in [0.2, 0.25) is 0 Å². The van der Waals surface area contributed by atoms with Gasteiger partial charge in [0.1, 0.15) is 0 Å². The Morgan fingerprint density at radius 2 is 1.91 bits per heavy atom. The lowest BCUT2D eigenvalue weighted by atomic mass is 10.2. The molecule has 2 nitrogen and oxygen atoms in total. The van der Waals surface area contributed by atoms with Crippen molar-refractivity contribution in [1.82, 2.24) is 0 Å². The van der Waals surface area contributed by atoms with Crippen LogP contribution in [-0.2, 0) is 6.61 Å². The summed E-state index contributed by atoms with van der Waals surface area (Å²) < 4.78 is 1.95. The molecule has 11 heavy (non-hydrogen) atoms. The Kier molecular flexibility index (Phi) is 2.86. The summed E-state index contributed by atoms with van der Waals surface area (Å²) in [5, 5.41) is 8.75. The fraction of sp³-hybridized carbons (Fsp3) is 0.250. The van der Waals surface area contributed by atoms with E-state index in [9.17, 15) is 0 Å². The van der Waals surface area contributed by atoms with Crippen molar-refractivity contribution >= 4 is 15.1 Å². The van der Waals surface area contributed by atoms with Crippen LogP contribution in [0.4, 0.5) is 5.69 Å². The van der Waals surface area contributed by atoms with Gasteiger partial charge < -0.3 is 9.78 Å². The second-order valence-electron chi connectivity index (χ2n) is 2.44. The van der Waals surface area contributed by atoms with Gasteiger partial charge in [-0.25, -0.2) is 0 Å². The molecule has 0 bridgehead atoms. The van der Waals surface area contributed by atoms with Crippen LogP contribution in [0.5, 0.6) is 0 Å². The Hall–Kier alpha value is -0.590. The second-order valence-corrected chi connectivity index (χ2v) is 3.21. The summed E-state index contributed by atoms with van der Waals surface area (Å²) in [6.45, 7) is 0.112. The summed E-state index contributed by atoms with van der Waals surface area (Å²) >= 11 is 0. The highest BCUT2D eigenvalue weighted by Gasteiger charge is 1.93. The van der Waals surface area contributed by atoms with Gasteiger partial charge in [0, 0.05) is 12.7 Å². The van der Waals surface area contributed by atoms with E-state index in [1.807, 2.05) is 36.0 Å². The normalized spacial score (nSPS) is 9.73. The van der Waals surface area contributed by atoms with Gasteiger partial charge in [-0.2, -0.15) is 0 Å². The van der Waals surface area contributed by atoms with E-state index in [0.29, 0.717) is 0 Å². The van der Waals surface area contributed by atoms with E-state index < -0.39 is 0 Å². The van der Waals surface area contributed by atoms with Crippen LogP contribution in [0.25, 0.3) is 0 Å². The molecule has 0 radical (unpaired) electrons. The van der Waals surface area contributed by atoms with Crippen LogP contribution in [0.1, 0.15) is 5.56 Å². The van der Waals surface area contributed by atoms with Gasteiger partial charge >= 0.3 is 0 Å². The zero-order chi connectivity index (χ0) is 8.27. The highest BCUT2D eigenvalue weighted by molar-refractivity contribution is 7.19. The Balaban J connectivity index is 2.83. The predicted molar refractivity (Wildman–Crippen MR) is 50.5 cm³/mol. The van der Waals surface area contributed by atoms with Crippen molar-refractivity contribution in [1.29, 1.82) is 0 Å². The van der Waals surface area contributed by atoms with Crippen molar-refractivity contribution in [3.05, 3.63) is 29.8 Å². The zero-order valence-corrected chi connectivity index (χ0v) is 7.64. The third kappa shape index (κ3) is 2.18. The third-order valence-electron chi connectivity index (χ3n) is 1.53. The lowest BCUT2D eigenvalue weighted by Crippen LogP contribution is -1.98. The van der Waals surface area contributed by atoms with Crippen LogP contribution in [0.2, 0.25) is 0 Å². The van der Waals surface area contributed by atoms with Gasteiger partial charge in [-0.15, -0.1) is 0 Å². The quantitative estimate of drug-likeness (QED) is 0.676. The topological polar surface area (TPSA) is 23.5 Å². The Morgan fingerprint density at radius 3 is 2.27 bits per heavy atom. The molecule has 3 heteroatoms. The number of rotatable bonds is 2. The minimum Gasteiger partial charge on any atom is -0.392 e. The maximum absolute atomic E-state index is 8.75. The van der Waals surface area contributed by atoms with E-state index in [4.69, 9.17) is 5.11 Å². The molecule has 0 heterocycles. The van der Waals surface area contributed by atoms with E-state index in [1.165, 1.54) is 0 Å². The largest absolute Gasteiger partial charge is 0.392 e. The maximum atomic E-state index is 8.75. The third-order valence-corrected chi connectivity index (χ3v) is 1.82. The molecule has 0 fully saturated rings. The molecule has 1 N–H and O–H groups in total. The molecule has 0 aromatic heterocycles. The molecule has 0 aliphatic heterocycles. The minimum atomic E-state index is 0.112. The standard InChI is InChI=1S/C8H12NOP/c1-9(11)8-4-2-7(6-10)3-5-8/h2-5,10H,6,11H2,1H3. The Labute approximate surface area is 69.1 Å². The van der Waals surface area contributed by atoms with Crippen molar-refractivity contribution in [2.24, 2.45) is 0 Å².